The molecule has 1 rings (SSSR count). The van der Waals surface area contributed by atoms with Gasteiger partial charge in [-0.3, -0.25) is 9.59 Å². The Bertz CT molecular complexity index is 709. The summed E-state index contributed by atoms with van der Waals surface area (Å²) in [6, 6.07) is 9.20. The predicted octanol–water partition coefficient (Wildman–Crippen LogP) is 0.981. The fourth-order valence-electron chi connectivity index (χ4n) is 1.94. The second-order valence-electron chi connectivity index (χ2n) is 5.26. The molecule has 0 aliphatic carbocycles. The molecular formula is C15H20F3N3O4S. The van der Waals surface area contributed by atoms with Gasteiger partial charge in [0.05, 0.1) is 6.54 Å². The number of carbonyl (C=O) groups is 2. The van der Waals surface area contributed by atoms with Crippen molar-refractivity contribution >= 4 is 21.8 Å². The molecule has 0 aliphatic rings. The number of alkyl halides is 3. The first-order chi connectivity index (χ1) is 12.1. The van der Waals surface area contributed by atoms with E-state index in [9.17, 15) is 31.2 Å². The minimum Gasteiger partial charge on any atom is -0.347 e. The molecule has 0 saturated carbocycles. The average molecular weight is 395 g/mol. The lowest BCUT2D eigenvalue weighted by atomic mass is 10.2. The first-order valence-electron chi connectivity index (χ1n) is 7.71. The number of halogens is 3. The lowest BCUT2D eigenvalue weighted by Gasteiger charge is -2.21. The summed E-state index contributed by atoms with van der Waals surface area (Å²) in [5.74, 6) is -1.10. The monoisotopic (exact) mass is 395 g/mol. The summed E-state index contributed by atoms with van der Waals surface area (Å²) in [4.78, 5) is 25.2. The SMILES string of the molecule is CCN(Cc1ccccc1)C(=O)CNC(=O)CCNS(=O)(=O)C(F)(F)F. The average Bonchev–Trinajstić information content (AvgIpc) is 2.57. The summed E-state index contributed by atoms with van der Waals surface area (Å²) in [6.07, 6.45) is -0.520. The molecule has 2 N–H and O–H groups in total. The fraction of sp³-hybridized carbons (Fsp3) is 0.467. The van der Waals surface area contributed by atoms with Crippen LogP contribution in [0.4, 0.5) is 13.2 Å². The number of nitrogens with zero attached hydrogens (tertiary/aromatic N) is 1. The Morgan fingerprint density at radius 2 is 1.77 bits per heavy atom. The standard InChI is InChI=1S/C15H20F3N3O4S/c1-2-21(11-12-6-4-3-5-7-12)14(23)10-19-13(22)8-9-20-26(24,25)15(16,17)18/h3-7,20H,2,8-11H2,1H3,(H,19,22). The van der Waals surface area contributed by atoms with Crippen molar-refractivity contribution in [1.82, 2.24) is 14.9 Å². The van der Waals surface area contributed by atoms with Crippen LogP contribution in [0.2, 0.25) is 0 Å². The van der Waals surface area contributed by atoms with E-state index in [4.69, 9.17) is 0 Å². The van der Waals surface area contributed by atoms with E-state index in [0.717, 1.165) is 5.56 Å². The molecule has 11 heteroatoms. The van der Waals surface area contributed by atoms with Crippen LogP contribution in [-0.4, -0.2) is 50.3 Å². The van der Waals surface area contributed by atoms with E-state index in [1.165, 1.54) is 9.62 Å². The Balaban J connectivity index is 2.40. The topological polar surface area (TPSA) is 95.6 Å². The summed E-state index contributed by atoms with van der Waals surface area (Å²) in [7, 11) is -5.48. The maximum absolute atomic E-state index is 12.1. The summed E-state index contributed by atoms with van der Waals surface area (Å²) in [5.41, 5.74) is -4.52. The highest BCUT2D eigenvalue weighted by Crippen LogP contribution is 2.21. The van der Waals surface area contributed by atoms with E-state index in [1.54, 1.807) is 6.92 Å². The van der Waals surface area contributed by atoms with Gasteiger partial charge in [0.15, 0.2) is 0 Å². The van der Waals surface area contributed by atoms with Crippen LogP contribution in [0.25, 0.3) is 0 Å². The Morgan fingerprint density at radius 1 is 1.15 bits per heavy atom. The van der Waals surface area contributed by atoms with Crippen molar-refractivity contribution in [3.05, 3.63) is 35.9 Å². The number of benzene rings is 1. The highest BCUT2D eigenvalue weighted by molar-refractivity contribution is 7.90. The summed E-state index contributed by atoms with van der Waals surface area (Å²) in [5, 5.41) is 2.26. The number of hydrogen-bond acceptors (Lipinski definition) is 4. The molecule has 1 aromatic rings. The van der Waals surface area contributed by atoms with Crippen LogP contribution >= 0.6 is 0 Å². The highest BCUT2D eigenvalue weighted by Gasteiger charge is 2.45. The van der Waals surface area contributed by atoms with E-state index < -0.39 is 34.4 Å². The maximum Gasteiger partial charge on any atom is 0.511 e. The molecule has 1 aromatic carbocycles. The van der Waals surface area contributed by atoms with E-state index in [2.05, 4.69) is 5.32 Å². The van der Waals surface area contributed by atoms with Gasteiger partial charge in [0.1, 0.15) is 0 Å². The van der Waals surface area contributed by atoms with Gasteiger partial charge in [0.25, 0.3) is 0 Å². The summed E-state index contributed by atoms with van der Waals surface area (Å²) < 4.78 is 59.2. The van der Waals surface area contributed by atoms with Crippen molar-refractivity contribution < 1.29 is 31.2 Å². The molecule has 0 aromatic heterocycles. The Labute approximate surface area is 149 Å². The van der Waals surface area contributed by atoms with Gasteiger partial charge in [-0.05, 0) is 12.5 Å². The van der Waals surface area contributed by atoms with Crippen molar-refractivity contribution in [3.63, 3.8) is 0 Å². The molecule has 0 fully saturated rings. The van der Waals surface area contributed by atoms with Crippen LogP contribution in [0.5, 0.6) is 0 Å². The molecule has 0 unspecified atom stereocenters. The van der Waals surface area contributed by atoms with Gasteiger partial charge in [0, 0.05) is 26.1 Å². The van der Waals surface area contributed by atoms with Gasteiger partial charge in [0.2, 0.25) is 11.8 Å². The third-order valence-electron chi connectivity index (χ3n) is 3.34. The van der Waals surface area contributed by atoms with Crippen LogP contribution in [0.1, 0.15) is 18.9 Å². The number of nitrogens with one attached hydrogen (secondary N) is 2. The van der Waals surface area contributed by atoms with Gasteiger partial charge in [-0.2, -0.15) is 13.2 Å². The van der Waals surface area contributed by atoms with Gasteiger partial charge < -0.3 is 10.2 Å². The largest absolute Gasteiger partial charge is 0.511 e. The Hall–Kier alpha value is -2.14. The minimum absolute atomic E-state index is 0.328. The van der Waals surface area contributed by atoms with Crippen molar-refractivity contribution in [2.45, 2.75) is 25.4 Å². The van der Waals surface area contributed by atoms with E-state index in [0.29, 0.717) is 13.1 Å². The molecule has 0 bridgehead atoms. The third kappa shape index (κ3) is 7.00. The number of sulfonamides is 1. The fourth-order valence-corrected chi connectivity index (χ4v) is 2.47. The van der Waals surface area contributed by atoms with Gasteiger partial charge in [-0.15, -0.1) is 0 Å². The van der Waals surface area contributed by atoms with E-state index in [-0.39, 0.29) is 12.5 Å². The van der Waals surface area contributed by atoms with E-state index >= 15 is 0 Å². The van der Waals surface area contributed by atoms with Crippen LogP contribution in [0.3, 0.4) is 0 Å². The predicted molar refractivity (Wildman–Crippen MR) is 88.1 cm³/mol. The zero-order valence-electron chi connectivity index (χ0n) is 14.0. The Morgan fingerprint density at radius 3 is 2.31 bits per heavy atom. The molecule has 26 heavy (non-hydrogen) atoms. The number of rotatable bonds is 9. The Kier molecular flexibility index (Phi) is 8.03. The van der Waals surface area contributed by atoms with Crippen LogP contribution < -0.4 is 10.0 Å². The van der Waals surface area contributed by atoms with Crippen LogP contribution in [0.15, 0.2) is 30.3 Å². The van der Waals surface area contributed by atoms with E-state index in [1.807, 2.05) is 30.3 Å². The molecule has 7 nitrogen and oxygen atoms in total. The van der Waals surface area contributed by atoms with Crippen molar-refractivity contribution in [1.29, 1.82) is 0 Å². The van der Waals surface area contributed by atoms with Crippen LogP contribution in [0, 0.1) is 0 Å². The minimum atomic E-state index is -5.48. The van der Waals surface area contributed by atoms with Gasteiger partial charge >= 0.3 is 15.5 Å². The quantitative estimate of drug-likeness (QED) is 0.652. The number of amides is 2. The first kappa shape index (κ1) is 21.9. The lowest BCUT2D eigenvalue weighted by Crippen LogP contribution is -2.41. The number of carbonyl (C=O) groups excluding carboxylic acids is 2. The number of likely N-dealkylation sites (N-methyl/N-ethyl adjacent to an activating group) is 1. The zero-order valence-corrected chi connectivity index (χ0v) is 14.9. The number of hydrogen-bond donors (Lipinski definition) is 2. The van der Waals surface area contributed by atoms with Crippen molar-refractivity contribution in [3.8, 4) is 0 Å². The lowest BCUT2D eigenvalue weighted by molar-refractivity contribution is -0.133. The normalized spacial score (nSPS) is 11.8. The molecule has 0 heterocycles. The molecule has 0 spiro atoms. The highest BCUT2D eigenvalue weighted by atomic mass is 32.2. The molecule has 0 saturated heterocycles. The van der Waals surface area contributed by atoms with Crippen LogP contribution in [-0.2, 0) is 26.2 Å². The molecule has 2 amide bonds. The zero-order chi connectivity index (χ0) is 19.8. The molecule has 146 valence electrons. The molecular weight excluding hydrogens is 375 g/mol. The molecule has 0 radical (unpaired) electrons. The second-order valence-corrected chi connectivity index (χ2v) is 7.02. The van der Waals surface area contributed by atoms with Gasteiger partial charge in [-0.25, -0.2) is 13.1 Å². The summed E-state index contributed by atoms with van der Waals surface area (Å²) in [6.45, 7) is 1.50. The second kappa shape index (κ2) is 9.53. The van der Waals surface area contributed by atoms with Crippen molar-refractivity contribution in [2.75, 3.05) is 19.6 Å². The molecule has 0 aliphatic heterocycles. The molecule has 0 atom stereocenters. The van der Waals surface area contributed by atoms with Crippen molar-refractivity contribution in [2.24, 2.45) is 0 Å². The van der Waals surface area contributed by atoms with Gasteiger partial charge in [-0.1, -0.05) is 30.3 Å². The first-order valence-corrected chi connectivity index (χ1v) is 9.19. The smallest absolute Gasteiger partial charge is 0.347 e. The third-order valence-corrected chi connectivity index (χ3v) is 4.53. The maximum atomic E-state index is 12.1. The summed E-state index contributed by atoms with van der Waals surface area (Å²) >= 11 is 0.